The molecule has 0 heterocycles. The Morgan fingerprint density at radius 3 is 2.52 bits per heavy atom. The number of rotatable bonds is 8. The van der Waals surface area contributed by atoms with Crippen molar-refractivity contribution in [1.29, 1.82) is 5.26 Å². The van der Waals surface area contributed by atoms with Crippen molar-refractivity contribution in [1.82, 2.24) is 4.90 Å². The Morgan fingerprint density at radius 1 is 1.28 bits per heavy atom. The third kappa shape index (κ3) is 5.69. The summed E-state index contributed by atoms with van der Waals surface area (Å²) in [6, 6.07) is 11.5. The Morgan fingerprint density at radius 2 is 1.97 bits per heavy atom. The van der Waals surface area contributed by atoms with Gasteiger partial charge in [-0.25, -0.2) is 4.39 Å². The van der Waals surface area contributed by atoms with Gasteiger partial charge in [0.2, 0.25) is 0 Å². The van der Waals surface area contributed by atoms with Gasteiger partial charge < -0.3 is 14.4 Å². The van der Waals surface area contributed by atoms with Gasteiger partial charge in [-0.3, -0.25) is 4.79 Å². The molecule has 0 aromatic heterocycles. The molecule has 0 aliphatic carbocycles. The van der Waals surface area contributed by atoms with E-state index in [-0.39, 0.29) is 23.9 Å². The molecule has 0 aliphatic heterocycles. The first-order chi connectivity index (χ1) is 13.9. The van der Waals surface area contributed by atoms with Crippen LogP contribution >= 0.6 is 0 Å². The van der Waals surface area contributed by atoms with Crippen molar-refractivity contribution in [2.24, 2.45) is 0 Å². The zero-order valence-electron chi connectivity index (χ0n) is 16.7. The molecular weight excluding hydrogens is 371 g/mol. The molecule has 0 atom stereocenters. The van der Waals surface area contributed by atoms with Crippen LogP contribution in [0.4, 0.5) is 4.39 Å². The van der Waals surface area contributed by atoms with Gasteiger partial charge in [0.25, 0.3) is 5.91 Å². The summed E-state index contributed by atoms with van der Waals surface area (Å²) < 4.78 is 24.5. The summed E-state index contributed by atoms with van der Waals surface area (Å²) in [5.74, 6) is 0.308. The molecule has 0 N–H and O–H groups in total. The van der Waals surface area contributed by atoms with Gasteiger partial charge in [-0.05, 0) is 47.9 Å². The largest absolute Gasteiger partial charge is 0.493 e. The maximum Gasteiger partial charge on any atom is 0.264 e. The first-order valence-electron chi connectivity index (χ1n) is 8.92. The number of nitriles is 1. The number of ether oxygens (including phenoxy) is 2. The van der Waals surface area contributed by atoms with Gasteiger partial charge in [0.15, 0.2) is 11.5 Å². The molecule has 0 radical (unpaired) electrons. The van der Waals surface area contributed by atoms with Crippen LogP contribution in [0.3, 0.4) is 0 Å². The number of hydrogen-bond donors (Lipinski definition) is 0. The van der Waals surface area contributed by atoms with Crippen LogP contribution in [-0.4, -0.2) is 32.0 Å². The monoisotopic (exact) mass is 394 g/mol. The van der Waals surface area contributed by atoms with Crippen molar-refractivity contribution in [3.05, 3.63) is 77.1 Å². The Labute approximate surface area is 170 Å². The van der Waals surface area contributed by atoms with E-state index >= 15 is 0 Å². The third-order valence-corrected chi connectivity index (χ3v) is 4.10. The third-order valence-electron chi connectivity index (χ3n) is 4.10. The molecule has 0 unspecified atom stereocenters. The molecule has 0 aliphatic rings. The Kier molecular flexibility index (Phi) is 7.55. The van der Waals surface area contributed by atoms with E-state index in [1.165, 1.54) is 30.2 Å². The molecule has 0 saturated carbocycles. The minimum atomic E-state index is -0.381. The van der Waals surface area contributed by atoms with Gasteiger partial charge in [-0.15, -0.1) is 6.58 Å². The highest BCUT2D eigenvalue weighted by Gasteiger charge is 2.15. The summed E-state index contributed by atoms with van der Waals surface area (Å²) in [5.41, 5.74) is 2.26. The fraction of sp³-hybridized carbons (Fsp3) is 0.217. The van der Waals surface area contributed by atoms with Gasteiger partial charge in [0.1, 0.15) is 24.1 Å². The molecular formula is C23H23FN2O3. The molecule has 2 aromatic carbocycles. The number of carbonyl (C=O) groups is 1. The van der Waals surface area contributed by atoms with E-state index in [1.54, 1.807) is 38.4 Å². The number of benzene rings is 2. The average Bonchev–Trinajstić information content (AvgIpc) is 2.71. The number of amides is 1. The second kappa shape index (κ2) is 10.1. The highest BCUT2D eigenvalue weighted by molar-refractivity contribution is 6.01. The van der Waals surface area contributed by atoms with Crippen LogP contribution in [0.5, 0.6) is 11.5 Å². The van der Waals surface area contributed by atoms with Crippen molar-refractivity contribution in [2.75, 3.05) is 21.2 Å². The van der Waals surface area contributed by atoms with Crippen molar-refractivity contribution in [3.8, 4) is 17.6 Å². The van der Waals surface area contributed by atoms with Crippen molar-refractivity contribution >= 4 is 12.0 Å². The maximum absolute atomic E-state index is 13.1. The molecule has 0 spiro atoms. The van der Waals surface area contributed by atoms with Crippen LogP contribution in [-0.2, 0) is 17.8 Å². The van der Waals surface area contributed by atoms with Gasteiger partial charge in [0.05, 0.1) is 7.11 Å². The molecule has 1 amide bonds. The summed E-state index contributed by atoms with van der Waals surface area (Å²) in [4.78, 5) is 13.5. The first-order valence-corrected chi connectivity index (χ1v) is 8.92. The molecule has 2 rings (SSSR count). The van der Waals surface area contributed by atoms with Gasteiger partial charge >= 0.3 is 0 Å². The zero-order chi connectivity index (χ0) is 21.4. The van der Waals surface area contributed by atoms with Crippen LogP contribution in [0.1, 0.15) is 16.7 Å². The summed E-state index contributed by atoms with van der Waals surface area (Å²) >= 11 is 0. The van der Waals surface area contributed by atoms with Gasteiger partial charge in [-0.2, -0.15) is 5.26 Å². The topological polar surface area (TPSA) is 62.6 Å². The molecule has 29 heavy (non-hydrogen) atoms. The van der Waals surface area contributed by atoms with E-state index in [2.05, 4.69) is 6.58 Å². The second-order valence-electron chi connectivity index (χ2n) is 6.49. The quantitative estimate of drug-likeness (QED) is 0.384. The fourth-order valence-electron chi connectivity index (χ4n) is 2.68. The summed E-state index contributed by atoms with van der Waals surface area (Å²) in [5, 5.41) is 9.33. The van der Waals surface area contributed by atoms with Crippen LogP contribution < -0.4 is 9.47 Å². The Balaban J connectivity index is 2.41. The smallest absolute Gasteiger partial charge is 0.264 e. The van der Waals surface area contributed by atoms with Crippen molar-refractivity contribution in [2.45, 2.75) is 13.0 Å². The standard InChI is InChI=1S/C23H23FN2O3/c1-5-6-18-11-17(12-19(14-25)23(27)26(2)3)13-21(28-4)22(18)29-15-16-7-9-20(24)10-8-16/h5,7-13H,1,6,15H2,2-4H3/b19-12-. The average molecular weight is 394 g/mol. The van der Waals surface area contributed by atoms with Crippen molar-refractivity contribution in [3.63, 3.8) is 0 Å². The van der Waals surface area contributed by atoms with Crippen LogP contribution in [0, 0.1) is 17.1 Å². The van der Waals surface area contributed by atoms with E-state index in [0.29, 0.717) is 23.5 Å². The number of halogens is 1. The number of hydrogen-bond acceptors (Lipinski definition) is 4. The second-order valence-corrected chi connectivity index (χ2v) is 6.49. The summed E-state index contributed by atoms with van der Waals surface area (Å²) in [6.07, 6.45) is 3.74. The minimum absolute atomic E-state index is 0.0154. The van der Waals surface area contributed by atoms with Crippen LogP contribution in [0.25, 0.3) is 6.08 Å². The lowest BCUT2D eigenvalue weighted by Crippen LogP contribution is -2.22. The van der Waals surface area contributed by atoms with E-state index in [1.807, 2.05) is 12.1 Å². The molecule has 5 nitrogen and oxygen atoms in total. The molecule has 6 heteroatoms. The maximum atomic E-state index is 13.1. The van der Waals surface area contributed by atoms with Crippen molar-refractivity contribution < 1.29 is 18.7 Å². The normalized spacial score (nSPS) is 10.8. The molecule has 0 fully saturated rings. The number of allylic oxidation sites excluding steroid dienone is 1. The highest BCUT2D eigenvalue weighted by Crippen LogP contribution is 2.35. The zero-order valence-corrected chi connectivity index (χ0v) is 16.7. The predicted octanol–water partition coefficient (Wildman–Crippen LogP) is 4.14. The molecule has 150 valence electrons. The van der Waals surface area contributed by atoms with E-state index in [4.69, 9.17) is 9.47 Å². The van der Waals surface area contributed by atoms with Gasteiger partial charge in [-0.1, -0.05) is 18.2 Å². The lowest BCUT2D eigenvalue weighted by atomic mass is 10.0. The fourth-order valence-corrected chi connectivity index (χ4v) is 2.68. The lowest BCUT2D eigenvalue weighted by molar-refractivity contribution is -0.124. The van der Waals surface area contributed by atoms with E-state index in [9.17, 15) is 14.4 Å². The molecule has 0 bridgehead atoms. The van der Waals surface area contributed by atoms with Gasteiger partial charge in [0, 0.05) is 19.7 Å². The van der Waals surface area contributed by atoms with Crippen LogP contribution in [0.15, 0.2) is 54.6 Å². The highest BCUT2D eigenvalue weighted by atomic mass is 19.1. The predicted molar refractivity (Wildman–Crippen MR) is 110 cm³/mol. The Bertz CT molecular complexity index is 957. The van der Waals surface area contributed by atoms with E-state index in [0.717, 1.165) is 11.1 Å². The lowest BCUT2D eigenvalue weighted by Gasteiger charge is -2.16. The number of carbonyl (C=O) groups excluding carboxylic acids is 1. The summed E-state index contributed by atoms with van der Waals surface area (Å²) in [6.45, 7) is 4.01. The number of nitrogens with zero attached hydrogens (tertiary/aromatic N) is 2. The minimum Gasteiger partial charge on any atom is -0.493 e. The first kappa shape index (κ1) is 21.7. The summed E-state index contributed by atoms with van der Waals surface area (Å²) in [7, 11) is 4.69. The Hall–Kier alpha value is -3.59. The molecule has 0 saturated heterocycles. The molecule has 2 aromatic rings. The number of methoxy groups -OCH3 is 1. The SMILES string of the molecule is C=CCc1cc(/C=C(/C#N)C(=O)N(C)C)cc(OC)c1OCc1ccc(F)cc1. The van der Waals surface area contributed by atoms with Crippen LogP contribution in [0.2, 0.25) is 0 Å². The number of likely N-dealkylation sites (N-methyl/N-ethyl adjacent to an activating group) is 1. The van der Waals surface area contributed by atoms with E-state index < -0.39 is 0 Å².